The van der Waals surface area contributed by atoms with Crippen molar-refractivity contribution in [1.82, 2.24) is 15.4 Å². The number of aliphatic hydroxyl groups excluding tert-OH is 1. The Hall–Kier alpha value is -1.70. The van der Waals surface area contributed by atoms with Crippen LogP contribution in [-0.4, -0.2) is 40.8 Å². The molecule has 7 heteroatoms. The Labute approximate surface area is 163 Å². The highest BCUT2D eigenvalue weighted by atomic mass is 32.1. The number of aliphatic hydroxyl groups is 1. The zero-order chi connectivity index (χ0) is 19.0. The van der Waals surface area contributed by atoms with Crippen LogP contribution in [0.1, 0.15) is 57.1 Å². The molecule has 0 spiro atoms. The number of carbonyl (C=O) groups is 1. The summed E-state index contributed by atoms with van der Waals surface area (Å²) in [5.41, 5.74) is 4.05. The largest absolute Gasteiger partial charge is 0.396 e. The van der Waals surface area contributed by atoms with Crippen LogP contribution in [0.2, 0.25) is 0 Å². The third kappa shape index (κ3) is 3.56. The number of aromatic nitrogens is 1. The van der Waals surface area contributed by atoms with Crippen LogP contribution in [0.15, 0.2) is 9.90 Å². The molecule has 3 heterocycles. The van der Waals surface area contributed by atoms with E-state index in [2.05, 4.69) is 15.4 Å². The molecule has 27 heavy (non-hydrogen) atoms. The number of hydrogen-bond acceptors (Lipinski definition) is 6. The van der Waals surface area contributed by atoms with E-state index in [1.807, 2.05) is 19.2 Å². The molecule has 0 bridgehead atoms. The summed E-state index contributed by atoms with van der Waals surface area (Å²) in [6, 6.07) is 0. The summed E-state index contributed by atoms with van der Waals surface area (Å²) in [6.45, 7) is 7.29. The quantitative estimate of drug-likeness (QED) is 0.794. The van der Waals surface area contributed by atoms with Crippen LogP contribution in [0.4, 0.5) is 0 Å². The number of carbonyl (C=O) groups excluding carboxylic acids is 1. The lowest BCUT2D eigenvalue weighted by Gasteiger charge is -2.40. The molecule has 2 N–H and O–H groups in total. The van der Waals surface area contributed by atoms with Gasteiger partial charge in [0.1, 0.15) is 5.76 Å². The Morgan fingerprint density at radius 3 is 2.89 bits per heavy atom. The molecule has 6 nitrogen and oxygen atoms in total. The monoisotopic (exact) mass is 389 g/mol. The maximum Gasteiger partial charge on any atom is 0.252 e. The smallest absolute Gasteiger partial charge is 0.252 e. The molecule has 0 saturated heterocycles. The van der Waals surface area contributed by atoms with Crippen LogP contribution in [0.3, 0.4) is 0 Å². The third-order valence-corrected chi connectivity index (χ3v) is 7.22. The Kier molecular flexibility index (Phi) is 5.09. The predicted molar refractivity (Wildman–Crippen MR) is 104 cm³/mol. The normalized spacial score (nSPS) is 18.8. The molecule has 1 fully saturated rings. The van der Waals surface area contributed by atoms with Crippen LogP contribution in [-0.2, 0) is 19.5 Å². The van der Waals surface area contributed by atoms with Crippen LogP contribution < -0.4 is 5.32 Å². The second kappa shape index (κ2) is 7.37. The molecule has 0 radical (unpaired) electrons. The molecule has 1 aliphatic heterocycles. The van der Waals surface area contributed by atoms with Crippen LogP contribution in [0.25, 0.3) is 0 Å². The summed E-state index contributed by atoms with van der Waals surface area (Å²) >= 11 is 1.67. The zero-order valence-corrected chi connectivity index (χ0v) is 16.8. The molecule has 1 aliphatic carbocycles. The van der Waals surface area contributed by atoms with E-state index in [-0.39, 0.29) is 17.9 Å². The average molecular weight is 390 g/mol. The average Bonchev–Trinajstić information content (AvgIpc) is 3.19. The maximum atomic E-state index is 12.7. The molecular weight excluding hydrogens is 362 g/mol. The summed E-state index contributed by atoms with van der Waals surface area (Å²) < 4.78 is 5.27. The van der Waals surface area contributed by atoms with Gasteiger partial charge in [-0.1, -0.05) is 11.6 Å². The summed E-state index contributed by atoms with van der Waals surface area (Å²) in [5, 5.41) is 18.7. The molecule has 4 rings (SSSR count). The number of nitrogens with one attached hydrogen (secondary N) is 1. The van der Waals surface area contributed by atoms with Crippen molar-refractivity contribution in [1.29, 1.82) is 0 Å². The van der Waals surface area contributed by atoms with Crippen molar-refractivity contribution >= 4 is 17.2 Å². The minimum Gasteiger partial charge on any atom is -0.396 e. The highest BCUT2D eigenvalue weighted by molar-refractivity contribution is 7.10. The number of aryl methyl sites for hydroxylation is 2. The van der Waals surface area contributed by atoms with E-state index in [0.29, 0.717) is 6.54 Å². The molecular formula is C20H27N3O3S. The molecule has 2 aromatic heterocycles. The third-order valence-electron chi connectivity index (χ3n) is 6.21. The summed E-state index contributed by atoms with van der Waals surface area (Å²) in [5.74, 6) is 0.893. The first kappa shape index (κ1) is 18.7. The van der Waals surface area contributed by atoms with Gasteiger partial charge in [0.15, 0.2) is 0 Å². The van der Waals surface area contributed by atoms with Gasteiger partial charge in [0, 0.05) is 47.4 Å². The second-order valence-corrected chi connectivity index (χ2v) is 8.97. The minimum absolute atomic E-state index is 0.00592. The molecule has 146 valence electrons. The number of fused-ring (bicyclic) bond motifs is 1. The first-order valence-electron chi connectivity index (χ1n) is 9.64. The topological polar surface area (TPSA) is 78.6 Å². The van der Waals surface area contributed by atoms with Crippen molar-refractivity contribution in [2.45, 2.75) is 52.6 Å². The standard InChI is InChI=1S/C20H27N3O3S/c1-13-16(14(2)26-22-13)8-23-7-4-15-17(10-27-18(15)9-23)19(25)21-11-20(12-24)5-3-6-20/h10,24H,3-9,11-12H2,1-2H3,(H,21,25). The van der Waals surface area contributed by atoms with E-state index < -0.39 is 0 Å². The number of hydrogen-bond donors (Lipinski definition) is 2. The SMILES string of the molecule is Cc1noc(C)c1CN1CCc2c(C(=O)NCC3(CO)CCC3)csc2C1. The number of thiophene rings is 1. The Balaban J connectivity index is 1.40. The van der Waals surface area contributed by atoms with Gasteiger partial charge < -0.3 is 14.9 Å². The van der Waals surface area contributed by atoms with Crippen molar-refractivity contribution < 1.29 is 14.4 Å². The van der Waals surface area contributed by atoms with Gasteiger partial charge in [-0.15, -0.1) is 11.3 Å². The highest BCUT2D eigenvalue weighted by Crippen LogP contribution is 2.39. The van der Waals surface area contributed by atoms with Gasteiger partial charge in [-0.3, -0.25) is 9.69 Å². The summed E-state index contributed by atoms with van der Waals surface area (Å²) in [6.07, 6.45) is 4.03. The Bertz CT molecular complexity index is 813. The van der Waals surface area contributed by atoms with Crippen molar-refractivity contribution in [2.75, 3.05) is 19.7 Å². The van der Waals surface area contributed by atoms with Crippen LogP contribution >= 0.6 is 11.3 Å². The predicted octanol–water partition coefficient (Wildman–Crippen LogP) is 2.80. The van der Waals surface area contributed by atoms with E-state index in [1.165, 1.54) is 16.0 Å². The van der Waals surface area contributed by atoms with Gasteiger partial charge in [0.05, 0.1) is 17.9 Å². The van der Waals surface area contributed by atoms with E-state index >= 15 is 0 Å². The fraction of sp³-hybridized carbons (Fsp3) is 0.600. The molecule has 0 aromatic carbocycles. The van der Waals surface area contributed by atoms with E-state index in [1.54, 1.807) is 11.3 Å². The van der Waals surface area contributed by atoms with Crippen molar-refractivity contribution in [3.63, 3.8) is 0 Å². The maximum absolute atomic E-state index is 12.7. The number of rotatable bonds is 6. The summed E-state index contributed by atoms with van der Waals surface area (Å²) in [4.78, 5) is 16.4. The second-order valence-electron chi connectivity index (χ2n) is 8.01. The number of amides is 1. The van der Waals surface area contributed by atoms with E-state index in [9.17, 15) is 9.90 Å². The van der Waals surface area contributed by atoms with Crippen LogP contribution in [0.5, 0.6) is 0 Å². The van der Waals surface area contributed by atoms with Crippen LogP contribution in [0, 0.1) is 19.3 Å². The number of nitrogens with zero attached hydrogens (tertiary/aromatic N) is 2. The van der Waals surface area contributed by atoms with Crippen molar-refractivity contribution in [3.8, 4) is 0 Å². The highest BCUT2D eigenvalue weighted by Gasteiger charge is 2.37. The van der Waals surface area contributed by atoms with E-state index in [0.717, 1.165) is 62.3 Å². The molecule has 1 amide bonds. The van der Waals surface area contributed by atoms with Crippen molar-refractivity contribution in [3.05, 3.63) is 38.4 Å². The zero-order valence-electron chi connectivity index (χ0n) is 16.0. The fourth-order valence-electron chi connectivity index (χ4n) is 4.09. The first-order valence-corrected chi connectivity index (χ1v) is 10.5. The van der Waals surface area contributed by atoms with Gasteiger partial charge in [-0.25, -0.2) is 0 Å². The molecule has 0 atom stereocenters. The molecule has 1 saturated carbocycles. The fourth-order valence-corrected chi connectivity index (χ4v) is 5.21. The van der Waals surface area contributed by atoms with Gasteiger partial charge >= 0.3 is 0 Å². The molecule has 2 aliphatic rings. The van der Waals surface area contributed by atoms with Gasteiger partial charge in [-0.05, 0) is 38.7 Å². The van der Waals surface area contributed by atoms with Gasteiger partial charge in [-0.2, -0.15) is 0 Å². The Morgan fingerprint density at radius 2 is 2.26 bits per heavy atom. The Morgan fingerprint density at radius 1 is 1.44 bits per heavy atom. The molecule has 2 aromatic rings. The first-order chi connectivity index (χ1) is 13.0. The molecule has 0 unspecified atom stereocenters. The summed E-state index contributed by atoms with van der Waals surface area (Å²) in [7, 11) is 0. The van der Waals surface area contributed by atoms with Gasteiger partial charge in [0.2, 0.25) is 0 Å². The lowest BCUT2D eigenvalue weighted by molar-refractivity contribution is 0.0428. The lowest BCUT2D eigenvalue weighted by atomic mass is 9.69. The minimum atomic E-state index is -0.0864. The van der Waals surface area contributed by atoms with E-state index in [4.69, 9.17) is 4.52 Å². The van der Waals surface area contributed by atoms with Gasteiger partial charge in [0.25, 0.3) is 5.91 Å². The van der Waals surface area contributed by atoms with Crippen molar-refractivity contribution in [2.24, 2.45) is 5.41 Å². The lowest BCUT2D eigenvalue weighted by Crippen LogP contribution is -2.44.